The van der Waals surface area contributed by atoms with Crippen molar-refractivity contribution in [2.45, 2.75) is 64.6 Å². The van der Waals surface area contributed by atoms with E-state index in [1.807, 2.05) is 49.4 Å². The van der Waals surface area contributed by atoms with Crippen molar-refractivity contribution in [3.05, 3.63) is 99.2 Å². The van der Waals surface area contributed by atoms with E-state index in [4.69, 9.17) is 0 Å². The van der Waals surface area contributed by atoms with Gasteiger partial charge in [0.25, 0.3) is 11.8 Å². The highest BCUT2D eigenvalue weighted by molar-refractivity contribution is 5.99. The van der Waals surface area contributed by atoms with Crippen LogP contribution in [0.4, 0.5) is 0 Å². The van der Waals surface area contributed by atoms with E-state index in [2.05, 4.69) is 15.6 Å². The molecule has 0 spiro atoms. The summed E-state index contributed by atoms with van der Waals surface area (Å²) in [5, 5.41) is 5.84. The minimum absolute atomic E-state index is 0.000389. The van der Waals surface area contributed by atoms with Crippen LogP contribution in [-0.4, -0.2) is 27.4 Å². The van der Waals surface area contributed by atoms with Crippen LogP contribution in [0, 0.1) is 6.92 Å². The standard InChI is InChI=1S/C28H32N4O3/c1-20-10-12-21(13-11-20)17-30-27(34)24-18-32(16-14-22-7-5-6-15-29-22)19-25(26(24)33)28(35)31-23-8-3-2-4-9-23/h5-7,10-13,15,18-19,23H,2-4,8-9,14,16-17H2,1H3,(H,30,34)(H,31,35). The molecule has 0 atom stereocenters. The molecule has 1 aliphatic rings. The van der Waals surface area contributed by atoms with Crippen LogP contribution >= 0.6 is 0 Å². The maximum absolute atomic E-state index is 13.2. The molecule has 2 amide bonds. The predicted molar refractivity (Wildman–Crippen MR) is 135 cm³/mol. The lowest BCUT2D eigenvalue weighted by atomic mass is 9.95. The smallest absolute Gasteiger partial charge is 0.257 e. The number of rotatable bonds is 8. The largest absolute Gasteiger partial charge is 0.352 e. The number of nitrogens with one attached hydrogen (secondary N) is 2. The molecule has 3 aromatic rings. The van der Waals surface area contributed by atoms with E-state index < -0.39 is 17.2 Å². The molecule has 0 aliphatic heterocycles. The van der Waals surface area contributed by atoms with E-state index in [0.717, 1.165) is 42.5 Å². The van der Waals surface area contributed by atoms with Gasteiger partial charge >= 0.3 is 0 Å². The average Bonchev–Trinajstić information content (AvgIpc) is 2.88. The minimum atomic E-state index is -0.547. The van der Waals surface area contributed by atoms with Gasteiger partial charge in [-0.25, -0.2) is 0 Å². The lowest BCUT2D eigenvalue weighted by molar-refractivity contribution is 0.0925. The first kappa shape index (κ1) is 24.4. The van der Waals surface area contributed by atoms with E-state index >= 15 is 0 Å². The maximum atomic E-state index is 13.2. The van der Waals surface area contributed by atoms with Crippen molar-refractivity contribution in [1.29, 1.82) is 0 Å². The molecule has 2 heterocycles. The summed E-state index contributed by atoms with van der Waals surface area (Å²) in [6.45, 7) is 2.78. The number of aromatic nitrogens is 2. The summed E-state index contributed by atoms with van der Waals surface area (Å²) in [5.74, 6) is -0.906. The molecule has 4 rings (SSSR count). The number of hydrogen-bond donors (Lipinski definition) is 2. The first-order valence-electron chi connectivity index (χ1n) is 12.3. The molecule has 2 aromatic heterocycles. The summed E-state index contributed by atoms with van der Waals surface area (Å²) in [6.07, 6.45) is 10.6. The molecule has 1 aliphatic carbocycles. The van der Waals surface area contributed by atoms with Crippen molar-refractivity contribution in [1.82, 2.24) is 20.2 Å². The van der Waals surface area contributed by atoms with Gasteiger partial charge in [0.05, 0.1) is 0 Å². The summed E-state index contributed by atoms with van der Waals surface area (Å²) in [5.41, 5.74) is 2.38. The second-order valence-electron chi connectivity index (χ2n) is 9.20. The Morgan fingerprint density at radius 3 is 2.37 bits per heavy atom. The Morgan fingerprint density at radius 2 is 1.69 bits per heavy atom. The Morgan fingerprint density at radius 1 is 0.971 bits per heavy atom. The number of aryl methyl sites for hydroxylation is 3. The third-order valence-electron chi connectivity index (χ3n) is 6.43. The van der Waals surface area contributed by atoms with Crippen LogP contribution < -0.4 is 16.1 Å². The number of carbonyl (C=O) groups is 2. The normalized spacial score (nSPS) is 13.9. The Bertz CT molecular complexity index is 1210. The minimum Gasteiger partial charge on any atom is -0.352 e. The fourth-order valence-corrected chi connectivity index (χ4v) is 4.37. The van der Waals surface area contributed by atoms with Gasteiger partial charge < -0.3 is 15.2 Å². The molecule has 1 aromatic carbocycles. The Balaban J connectivity index is 1.56. The van der Waals surface area contributed by atoms with Crippen LogP contribution in [0.3, 0.4) is 0 Å². The fourth-order valence-electron chi connectivity index (χ4n) is 4.37. The van der Waals surface area contributed by atoms with Crippen LogP contribution in [0.5, 0.6) is 0 Å². The molecule has 1 saturated carbocycles. The van der Waals surface area contributed by atoms with Crippen LogP contribution in [0.2, 0.25) is 0 Å². The molecule has 7 heteroatoms. The number of pyridine rings is 2. The molecule has 182 valence electrons. The second-order valence-corrected chi connectivity index (χ2v) is 9.20. The van der Waals surface area contributed by atoms with Crippen LogP contribution in [0.1, 0.15) is 69.6 Å². The molecule has 1 fully saturated rings. The van der Waals surface area contributed by atoms with Crippen LogP contribution in [-0.2, 0) is 19.5 Å². The Kier molecular flexibility index (Phi) is 8.08. The van der Waals surface area contributed by atoms with Crippen molar-refractivity contribution >= 4 is 11.8 Å². The van der Waals surface area contributed by atoms with E-state index in [9.17, 15) is 14.4 Å². The number of nitrogens with zero attached hydrogens (tertiary/aromatic N) is 2. The Hall–Kier alpha value is -3.74. The third kappa shape index (κ3) is 6.66. The second kappa shape index (κ2) is 11.6. The van der Waals surface area contributed by atoms with E-state index in [-0.39, 0.29) is 17.2 Å². The van der Waals surface area contributed by atoms with Crippen LogP contribution in [0.25, 0.3) is 0 Å². The SMILES string of the molecule is Cc1ccc(CNC(=O)c2cn(CCc3ccccn3)cc(C(=O)NC3CCCCC3)c2=O)cc1. The average molecular weight is 473 g/mol. The molecule has 0 saturated heterocycles. The molecule has 2 N–H and O–H groups in total. The van der Waals surface area contributed by atoms with Crippen LogP contribution in [0.15, 0.2) is 65.8 Å². The van der Waals surface area contributed by atoms with Gasteiger partial charge in [-0.15, -0.1) is 0 Å². The zero-order chi connectivity index (χ0) is 24.6. The number of carbonyl (C=O) groups excluding carboxylic acids is 2. The molecule has 35 heavy (non-hydrogen) atoms. The van der Waals surface area contributed by atoms with Gasteiger partial charge in [0.1, 0.15) is 11.1 Å². The lowest BCUT2D eigenvalue weighted by Crippen LogP contribution is -2.40. The first-order chi connectivity index (χ1) is 17.0. The van der Waals surface area contributed by atoms with Gasteiger partial charge in [-0.2, -0.15) is 0 Å². The number of benzene rings is 1. The molecule has 0 bridgehead atoms. The van der Waals surface area contributed by atoms with Gasteiger partial charge in [-0.05, 0) is 37.5 Å². The highest BCUT2D eigenvalue weighted by atomic mass is 16.2. The van der Waals surface area contributed by atoms with Gasteiger partial charge in [-0.1, -0.05) is 55.2 Å². The van der Waals surface area contributed by atoms with Crippen molar-refractivity contribution < 1.29 is 9.59 Å². The highest BCUT2D eigenvalue weighted by Gasteiger charge is 2.22. The van der Waals surface area contributed by atoms with Crippen molar-refractivity contribution in [3.63, 3.8) is 0 Å². The van der Waals surface area contributed by atoms with E-state index in [0.29, 0.717) is 19.5 Å². The quantitative estimate of drug-likeness (QED) is 0.522. The molecule has 0 unspecified atom stereocenters. The highest BCUT2D eigenvalue weighted by Crippen LogP contribution is 2.17. The van der Waals surface area contributed by atoms with Crippen molar-refractivity contribution in [2.24, 2.45) is 0 Å². The third-order valence-corrected chi connectivity index (χ3v) is 6.43. The fraction of sp³-hybridized carbons (Fsp3) is 0.357. The number of amides is 2. The monoisotopic (exact) mass is 472 g/mol. The first-order valence-corrected chi connectivity index (χ1v) is 12.3. The molecular weight excluding hydrogens is 440 g/mol. The lowest BCUT2D eigenvalue weighted by Gasteiger charge is -2.23. The Labute approximate surface area is 205 Å². The maximum Gasteiger partial charge on any atom is 0.257 e. The topological polar surface area (TPSA) is 93.1 Å². The zero-order valence-corrected chi connectivity index (χ0v) is 20.1. The summed E-state index contributed by atoms with van der Waals surface area (Å²) >= 11 is 0. The number of hydrogen-bond acceptors (Lipinski definition) is 4. The van der Waals surface area contributed by atoms with Crippen molar-refractivity contribution in [3.8, 4) is 0 Å². The summed E-state index contributed by atoms with van der Waals surface area (Å²) < 4.78 is 1.74. The molecule has 7 nitrogen and oxygen atoms in total. The zero-order valence-electron chi connectivity index (χ0n) is 20.1. The van der Waals surface area contributed by atoms with Gasteiger partial charge in [-0.3, -0.25) is 19.4 Å². The summed E-state index contributed by atoms with van der Waals surface area (Å²) in [6, 6.07) is 13.6. The summed E-state index contributed by atoms with van der Waals surface area (Å²) in [7, 11) is 0. The molecular formula is C28H32N4O3. The van der Waals surface area contributed by atoms with E-state index in [1.54, 1.807) is 17.0 Å². The van der Waals surface area contributed by atoms with Gasteiger partial charge in [0, 0.05) is 49.8 Å². The van der Waals surface area contributed by atoms with E-state index in [1.165, 1.54) is 12.6 Å². The predicted octanol–water partition coefficient (Wildman–Crippen LogP) is 3.79. The van der Waals surface area contributed by atoms with Gasteiger partial charge in [0.15, 0.2) is 0 Å². The van der Waals surface area contributed by atoms with Crippen molar-refractivity contribution in [2.75, 3.05) is 0 Å². The molecule has 0 radical (unpaired) electrons. The summed E-state index contributed by atoms with van der Waals surface area (Å²) in [4.78, 5) is 43.7. The van der Waals surface area contributed by atoms with Gasteiger partial charge in [0.2, 0.25) is 5.43 Å².